The Labute approximate surface area is 186 Å². The van der Waals surface area contributed by atoms with Gasteiger partial charge in [0.2, 0.25) is 0 Å². The average molecular weight is 453 g/mol. The van der Waals surface area contributed by atoms with Crippen molar-refractivity contribution in [3.63, 3.8) is 0 Å². The number of hydrogen-bond donors (Lipinski definition) is 3. The van der Waals surface area contributed by atoms with E-state index in [4.69, 9.17) is 0 Å². The van der Waals surface area contributed by atoms with Gasteiger partial charge in [0.25, 0.3) is 5.91 Å². The number of alkyl halides is 3. The number of aromatic nitrogens is 2. The van der Waals surface area contributed by atoms with Crippen LogP contribution in [-0.2, 0) is 0 Å². The van der Waals surface area contributed by atoms with Gasteiger partial charge < -0.3 is 16.0 Å². The van der Waals surface area contributed by atoms with Crippen molar-refractivity contribution in [1.82, 2.24) is 14.7 Å². The Morgan fingerprint density at radius 3 is 2.42 bits per heavy atom. The van der Waals surface area contributed by atoms with Crippen molar-refractivity contribution in [1.29, 1.82) is 0 Å². The van der Waals surface area contributed by atoms with Crippen LogP contribution in [0.25, 0.3) is 16.9 Å². The largest absolute Gasteiger partial charge is 0.405 e. The van der Waals surface area contributed by atoms with E-state index in [1.165, 1.54) is 0 Å². The molecular weight excluding hydrogens is 435 g/mol. The molecule has 0 radical (unpaired) electrons. The monoisotopic (exact) mass is 453 g/mol. The van der Waals surface area contributed by atoms with Crippen molar-refractivity contribution in [2.75, 3.05) is 17.2 Å². The third kappa shape index (κ3) is 5.48. The molecule has 2 aromatic heterocycles. The van der Waals surface area contributed by atoms with E-state index in [0.29, 0.717) is 33.8 Å². The van der Waals surface area contributed by atoms with Gasteiger partial charge in [-0.3, -0.25) is 9.20 Å². The lowest BCUT2D eigenvalue weighted by Crippen LogP contribution is -2.36. The van der Waals surface area contributed by atoms with Crippen LogP contribution < -0.4 is 16.0 Å². The highest BCUT2D eigenvalue weighted by Gasteiger charge is 2.27. The third-order valence-corrected chi connectivity index (χ3v) is 4.67. The summed E-state index contributed by atoms with van der Waals surface area (Å²) in [6, 6.07) is 18.0. The molecule has 4 rings (SSSR count). The number of carbonyl (C=O) groups is 2. The Hall–Kier alpha value is -4.34. The summed E-state index contributed by atoms with van der Waals surface area (Å²) in [5.74, 6) is -0.241. The summed E-state index contributed by atoms with van der Waals surface area (Å²) in [4.78, 5) is 28.5. The Morgan fingerprint density at radius 2 is 1.67 bits per heavy atom. The lowest BCUT2D eigenvalue weighted by molar-refractivity contribution is -0.122. The number of rotatable bonds is 5. The van der Waals surface area contributed by atoms with Gasteiger partial charge in [-0.05, 0) is 30.3 Å². The number of nitrogens with one attached hydrogen (secondary N) is 3. The molecule has 0 bridgehead atoms. The van der Waals surface area contributed by atoms with Crippen molar-refractivity contribution in [3.8, 4) is 11.3 Å². The molecule has 2 heterocycles. The quantitative estimate of drug-likeness (QED) is 0.400. The molecule has 0 aliphatic heterocycles. The summed E-state index contributed by atoms with van der Waals surface area (Å²) in [6.07, 6.45) is -1.12. The molecule has 0 unspecified atom stereocenters. The molecule has 0 fully saturated rings. The van der Waals surface area contributed by atoms with Crippen LogP contribution in [0.3, 0.4) is 0 Å². The maximum absolute atomic E-state index is 12.4. The standard InChI is InChI=1S/C23H18F3N5O2/c24-23(25,26)14-28-22(33)30-17-8-4-7-16(11-17)19-13-27-20-12-18(9-10-31(19)20)29-21(32)15-5-2-1-3-6-15/h1-13H,14H2,(H,29,32)(H2,28,30,33). The second-order valence-corrected chi connectivity index (χ2v) is 7.11. The first-order valence-electron chi connectivity index (χ1n) is 9.84. The van der Waals surface area contributed by atoms with Crippen LogP contribution >= 0.6 is 0 Å². The minimum atomic E-state index is -4.49. The summed E-state index contributed by atoms with van der Waals surface area (Å²) in [7, 11) is 0. The van der Waals surface area contributed by atoms with Crippen LogP contribution in [0.15, 0.2) is 79.1 Å². The van der Waals surface area contributed by atoms with E-state index in [1.54, 1.807) is 82.8 Å². The van der Waals surface area contributed by atoms with Crippen molar-refractivity contribution in [2.24, 2.45) is 0 Å². The topological polar surface area (TPSA) is 87.5 Å². The summed E-state index contributed by atoms with van der Waals surface area (Å²) >= 11 is 0. The van der Waals surface area contributed by atoms with Crippen molar-refractivity contribution in [2.45, 2.75) is 6.18 Å². The van der Waals surface area contributed by atoms with Gasteiger partial charge in [0, 0.05) is 34.8 Å². The first-order chi connectivity index (χ1) is 15.8. The minimum absolute atomic E-state index is 0.241. The number of nitrogens with zero attached hydrogens (tertiary/aromatic N) is 2. The van der Waals surface area contributed by atoms with E-state index in [2.05, 4.69) is 15.6 Å². The van der Waals surface area contributed by atoms with Crippen molar-refractivity contribution < 1.29 is 22.8 Å². The number of fused-ring (bicyclic) bond motifs is 1. The summed E-state index contributed by atoms with van der Waals surface area (Å²) in [5, 5.41) is 6.97. The van der Waals surface area contributed by atoms with Gasteiger partial charge in [-0.15, -0.1) is 0 Å². The van der Waals surface area contributed by atoms with Gasteiger partial charge in [0.1, 0.15) is 12.2 Å². The molecule has 168 valence electrons. The van der Waals surface area contributed by atoms with E-state index >= 15 is 0 Å². The normalized spacial score (nSPS) is 11.2. The molecule has 33 heavy (non-hydrogen) atoms. The first kappa shape index (κ1) is 21.9. The lowest BCUT2D eigenvalue weighted by atomic mass is 10.1. The Kier molecular flexibility index (Phi) is 5.99. The molecule has 7 nitrogen and oxygen atoms in total. The summed E-state index contributed by atoms with van der Waals surface area (Å²) in [6.45, 7) is -1.42. The molecular formula is C23H18F3N5O2. The van der Waals surface area contributed by atoms with Gasteiger partial charge in [0.15, 0.2) is 0 Å². The van der Waals surface area contributed by atoms with Crippen LogP contribution in [0.5, 0.6) is 0 Å². The zero-order valence-corrected chi connectivity index (χ0v) is 17.1. The molecule has 0 saturated heterocycles. The van der Waals surface area contributed by atoms with Crippen LogP contribution in [0, 0.1) is 0 Å². The molecule has 0 saturated carbocycles. The fraction of sp³-hybridized carbons (Fsp3) is 0.0870. The molecule has 0 atom stereocenters. The maximum atomic E-state index is 12.4. The Balaban J connectivity index is 1.50. The molecule has 0 aliphatic carbocycles. The Morgan fingerprint density at radius 1 is 0.909 bits per heavy atom. The number of pyridine rings is 1. The number of amides is 3. The van der Waals surface area contributed by atoms with Gasteiger partial charge in [-0.2, -0.15) is 13.2 Å². The predicted octanol–water partition coefficient (Wildman–Crippen LogP) is 4.94. The van der Waals surface area contributed by atoms with Gasteiger partial charge in [-0.1, -0.05) is 30.3 Å². The highest BCUT2D eigenvalue weighted by molar-refractivity contribution is 6.04. The van der Waals surface area contributed by atoms with Crippen LogP contribution in [0.1, 0.15) is 10.4 Å². The van der Waals surface area contributed by atoms with Crippen LogP contribution in [0.2, 0.25) is 0 Å². The number of anilines is 2. The van der Waals surface area contributed by atoms with E-state index in [1.807, 2.05) is 6.07 Å². The van der Waals surface area contributed by atoms with E-state index in [-0.39, 0.29) is 5.91 Å². The summed E-state index contributed by atoms with van der Waals surface area (Å²) < 4.78 is 38.6. The highest BCUT2D eigenvalue weighted by atomic mass is 19.4. The van der Waals surface area contributed by atoms with Crippen molar-refractivity contribution >= 4 is 29.0 Å². The second kappa shape index (κ2) is 9.03. The molecule has 0 aliphatic rings. The zero-order valence-electron chi connectivity index (χ0n) is 17.1. The van der Waals surface area contributed by atoms with E-state index in [9.17, 15) is 22.8 Å². The van der Waals surface area contributed by atoms with Crippen LogP contribution in [-0.4, -0.2) is 34.0 Å². The molecule has 2 aromatic carbocycles. The van der Waals surface area contributed by atoms with Gasteiger partial charge in [0.05, 0.1) is 11.9 Å². The molecule has 10 heteroatoms. The predicted molar refractivity (Wildman–Crippen MR) is 118 cm³/mol. The van der Waals surface area contributed by atoms with Crippen molar-refractivity contribution in [3.05, 3.63) is 84.7 Å². The average Bonchev–Trinajstić information content (AvgIpc) is 3.21. The molecule has 3 amide bonds. The molecule has 3 N–H and O–H groups in total. The van der Waals surface area contributed by atoms with Gasteiger partial charge >= 0.3 is 12.2 Å². The SMILES string of the molecule is O=C(NCC(F)(F)F)Nc1cccc(-c2cnc3cc(NC(=O)c4ccccc4)ccn23)c1. The summed E-state index contributed by atoms with van der Waals surface area (Å²) in [5.41, 5.74) is 3.41. The number of imidazole rings is 1. The first-order valence-corrected chi connectivity index (χ1v) is 9.84. The smallest absolute Gasteiger partial charge is 0.329 e. The van der Waals surface area contributed by atoms with Crippen LogP contribution in [0.4, 0.5) is 29.3 Å². The number of carbonyl (C=O) groups excluding carboxylic acids is 2. The van der Waals surface area contributed by atoms with Gasteiger partial charge in [-0.25, -0.2) is 9.78 Å². The van der Waals surface area contributed by atoms with E-state index in [0.717, 1.165) is 0 Å². The highest BCUT2D eigenvalue weighted by Crippen LogP contribution is 2.25. The van der Waals surface area contributed by atoms with E-state index < -0.39 is 18.8 Å². The number of urea groups is 1. The minimum Gasteiger partial charge on any atom is -0.329 e. The number of hydrogen-bond acceptors (Lipinski definition) is 3. The number of halogens is 3. The maximum Gasteiger partial charge on any atom is 0.405 e. The fourth-order valence-electron chi connectivity index (χ4n) is 3.18. The second-order valence-electron chi connectivity index (χ2n) is 7.11. The lowest BCUT2D eigenvalue weighted by Gasteiger charge is -2.11. The molecule has 0 spiro atoms. The third-order valence-electron chi connectivity index (χ3n) is 4.67. The Bertz CT molecular complexity index is 1300. The number of benzene rings is 2. The zero-order chi connectivity index (χ0) is 23.4. The fourth-order valence-corrected chi connectivity index (χ4v) is 3.18. The molecule has 4 aromatic rings.